The van der Waals surface area contributed by atoms with Gasteiger partial charge in [0.25, 0.3) is 16.5 Å². The number of hydrogen-bond acceptors (Lipinski definition) is 8. The lowest BCUT2D eigenvalue weighted by atomic mass is 9.78. The van der Waals surface area contributed by atoms with Gasteiger partial charge < -0.3 is 10.1 Å². The number of carbonyl (C=O) groups is 1. The zero-order valence-electron chi connectivity index (χ0n) is 23.7. The van der Waals surface area contributed by atoms with Crippen molar-refractivity contribution in [2.45, 2.75) is 49.1 Å². The molecular formula is C29H33ClFN7O4S. The maximum absolute atomic E-state index is 15.3. The number of likely N-dealkylation sites (N-methyl/N-ethyl adjacent to an activating group) is 1. The number of benzene rings is 2. The van der Waals surface area contributed by atoms with Gasteiger partial charge in [-0.05, 0) is 87.8 Å². The minimum atomic E-state index is -4.34. The first kappa shape index (κ1) is 31.9. The molecule has 1 fully saturated rings. The normalized spacial score (nSPS) is 19.4. The fraction of sp³-hybridized carbons (Fsp3) is 0.310. The van der Waals surface area contributed by atoms with Gasteiger partial charge in [-0.25, -0.2) is 22.5 Å². The maximum atomic E-state index is 15.3. The summed E-state index contributed by atoms with van der Waals surface area (Å²) in [5.74, 6) is -0.845. The molecule has 0 aliphatic heterocycles. The van der Waals surface area contributed by atoms with Crippen LogP contribution in [0, 0.1) is 5.82 Å². The highest BCUT2D eigenvalue weighted by molar-refractivity contribution is 7.89. The third kappa shape index (κ3) is 7.86. The number of ether oxygens (including phenoxy) is 1. The number of halogens is 2. The first-order chi connectivity index (χ1) is 20.7. The van der Waals surface area contributed by atoms with E-state index in [1.807, 2.05) is 36.3 Å². The summed E-state index contributed by atoms with van der Waals surface area (Å²) in [7, 11) is -2.50. The van der Waals surface area contributed by atoms with Crippen LogP contribution < -0.4 is 10.0 Å². The summed E-state index contributed by atoms with van der Waals surface area (Å²) in [4.78, 5) is 19.5. The van der Waals surface area contributed by atoms with E-state index in [4.69, 9.17) is 16.3 Å². The molecule has 228 valence electrons. The summed E-state index contributed by atoms with van der Waals surface area (Å²) in [5.41, 5.74) is 2.35. The first-order valence-corrected chi connectivity index (χ1v) is 15.3. The molecular weight excluding hydrogens is 597 g/mol. The molecule has 3 aromatic rings. The van der Waals surface area contributed by atoms with Crippen LogP contribution in [-0.2, 0) is 19.6 Å². The third-order valence-corrected chi connectivity index (χ3v) is 8.96. The molecule has 14 heteroatoms. The largest absolute Gasteiger partial charge is 0.452 e. The van der Waals surface area contributed by atoms with Crippen molar-refractivity contribution >= 4 is 46.8 Å². The number of hydrogen-bond donors (Lipinski definition) is 2. The maximum Gasteiger partial charge on any atom is 0.294 e. The van der Waals surface area contributed by atoms with Crippen LogP contribution in [0.2, 0.25) is 5.02 Å². The molecule has 0 saturated heterocycles. The number of nitrogens with zero attached hydrogens (tertiary/aromatic N) is 5. The van der Waals surface area contributed by atoms with Gasteiger partial charge in [-0.15, -0.1) is 0 Å². The van der Waals surface area contributed by atoms with Crippen LogP contribution in [0.4, 0.5) is 10.1 Å². The van der Waals surface area contributed by atoms with E-state index in [1.165, 1.54) is 6.08 Å². The average Bonchev–Trinajstić information content (AvgIpc) is 3.55. The van der Waals surface area contributed by atoms with Gasteiger partial charge in [-0.1, -0.05) is 23.7 Å². The van der Waals surface area contributed by atoms with Crippen molar-refractivity contribution in [2.24, 2.45) is 9.98 Å². The van der Waals surface area contributed by atoms with Gasteiger partial charge in [0.15, 0.2) is 0 Å². The zero-order chi connectivity index (χ0) is 31.0. The minimum Gasteiger partial charge on any atom is -0.452 e. The Bertz CT molecular complexity index is 1600. The van der Waals surface area contributed by atoms with Crippen molar-refractivity contribution < 1.29 is 22.3 Å². The van der Waals surface area contributed by atoms with Crippen LogP contribution >= 0.6 is 11.6 Å². The number of sulfonamides is 1. The van der Waals surface area contributed by atoms with E-state index in [0.29, 0.717) is 19.3 Å². The summed E-state index contributed by atoms with van der Waals surface area (Å²) >= 11 is 6.50. The molecule has 11 nitrogen and oxygen atoms in total. The Kier molecular flexibility index (Phi) is 10.7. The quantitative estimate of drug-likeness (QED) is 0.121. The topological polar surface area (TPSA) is 130 Å². The van der Waals surface area contributed by atoms with Gasteiger partial charge in [-0.2, -0.15) is 5.10 Å². The summed E-state index contributed by atoms with van der Waals surface area (Å²) in [6, 6.07) is 11.8. The number of carbonyl (C=O) groups excluding carboxylic acids is 1. The Morgan fingerprint density at radius 3 is 2.81 bits per heavy atom. The Hall–Kier alpha value is -4.07. The summed E-state index contributed by atoms with van der Waals surface area (Å²) in [6.45, 7) is 5.27. The highest BCUT2D eigenvalue weighted by Crippen LogP contribution is 2.38. The zero-order valence-corrected chi connectivity index (χ0v) is 25.3. The van der Waals surface area contributed by atoms with Crippen LogP contribution in [0.3, 0.4) is 0 Å². The molecule has 1 heterocycles. The van der Waals surface area contributed by atoms with E-state index >= 15 is 4.39 Å². The van der Waals surface area contributed by atoms with E-state index < -0.39 is 20.7 Å². The summed E-state index contributed by atoms with van der Waals surface area (Å²) in [5, 5.41) is 7.67. The molecule has 1 aromatic heterocycles. The van der Waals surface area contributed by atoms with E-state index in [1.54, 1.807) is 17.8 Å². The van der Waals surface area contributed by atoms with Crippen LogP contribution in [-0.4, -0.2) is 68.5 Å². The summed E-state index contributed by atoms with van der Waals surface area (Å²) < 4.78 is 50.1. The minimum absolute atomic E-state index is 0.0275. The number of anilines is 1. The molecule has 4 rings (SSSR count). The molecule has 0 radical (unpaired) electrons. The monoisotopic (exact) mass is 629 g/mol. The van der Waals surface area contributed by atoms with Gasteiger partial charge in [0.1, 0.15) is 29.6 Å². The first-order valence-electron chi connectivity index (χ1n) is 13.4. The van der Waals surface area contributed by atoms with Crippen molar-refractivity contribution in [3.05, 3.63) is 83.2 Å². The lowest BCUT2D eigenvalue weighted by molar-refractivity contribution is -0.133. The van der Waals surface area contributed by atoms with Crippen molar-refractivity contribution in [3.63, 3.8) is 0 Å². The Labute approximate surface area is 255 Å². The highest BCUT2D eigenvalue weighted by Gasteiger charge is 2.35. The van der Waals surface area contributed by atoms with Gasteiger partial charge in [0, 0.05) is 24.5 Å². The van der Waals surface area contributed by atoms with Crippen molar-refractivity contribution in [1.29, 1.82) is 0 Å². The summed E-state index contributed by atoms with van der Waals surface area (Å²) in [6.07, 6.45) is 8.28. The van der Waals surface area contributed by atoms with Crippen molar-refractivity contribution in [3.8, 4) is 5.69 Å². The van der Waals surface area contributed by atoms with Crippen molar-refractivity contribution in [2.75, 3.05) is 19.1 Å². The van der Waals surface area contributed by atoms with Crippen molar-refractivity contribution in [1.82, 2.24) is 19.4 Å². The highest BCUT2D eigenvalue weighted by atomic mass is 35.5. The molecule has 0 bridgehead atoms. The second-order valence-electron chi connectivity index (χ2n) is 9.99. The molecule has 2 aromatic carbocycles. The van der Waals surface area contributed by atoms with E-state index in [9.17, 15) is 13.2 Å². The molecule has 0 unspecified atom stereocenters. The fourth-order valence-electron chi connectivity index (χ4n) is 5.19. The molecule has 2 N–H and O–H groups in total. The standard InChI is InChI=1S/C29H33ClFN7O4S/c1-4-29(33-17-32-2)36-43(40,41)28-15-23(30)26(16-24(28)31)35-25-10-9-21(14-27(25)37(3)18-42-19-39)20-7-5-8-22(13-20)38-12-6-11-34-38/h4-8,11-13,15-17,19,21,25,27,35-36H,2,9-10,14,18H2,1,3H3/b29-4+,33-17-/t21-,25-,27-/m0/s1. The third-order valence-electron chi connectivity index (χ3n) is 7.28. The molecule has 0 amide bonds. The van der Waals surface area contributed by atoms with E-state index in [2.05, 4.69) is 44.0 Å². The van der Waals surface area contributed by atoms with E-state index in [-0.39, 0.29) is 41.3 Å². The number of allylic oxidation sites excluding steroid dienone is 1. The van der Waals surface area contributed by atoms with Gasteiger partial charge >= 0.3 is 0 Å². The predicted molar refractivity (Wildman–Crippen MR) is 165 cm³/mol. The van der Waals surface area contributed by atoms with Crippen LogP contribution in [0.1, 0.15) is 37.7 Å². The number of nitrogens with one attached hydrogen (secondary N) is 2. The lowest BCUT2D eigenvalue weighted by Gasteiger charge is -2.41. The van der Waals surface area contributed by atoms with E-state index in [0.717, 1.165) is 36.1 Å². The Morgan fingerprint density at radius 1 is 1.30 bits per heavy atom. The molecule has 43 heavy (non-hydrogen) atoms. The van der Waals surface area contributed by atoms with Crippen LogP contribution in [0.5, 0.6) is 0 Å². The van der Waals surface area contributed by atoms with Crippen LogP contribution in [0.15, 0.2) is 81.6 Å². The second kappa shape index (κ2) is 14.4. The smallest absolute Gasteiger partial charge is 0.294 e. The molecule has 0 spiro atoms. The van der Waals surface area contributed by atoms with Gasteiger partial charge in [0.05, 0.1) is 16.4 Å². The Balaban J connectivity index is 1.56. The number of aliphatic imine (C=N–C) groups is 2. The number of rotatable bonds is 13. The second-order valence-corrected chi connectivity index (χ2v) is 12.0. The van der Waals surface area contributed by atoms with Crippen LogP contribution in [0.25, 0.3) is 5.69 Å². The molecule has 1 aliphatic carbocycles. The lowest BCUT2D eigenvalue weighted by Crippen LogP contribution is -2.49. The molecule has 1 saturated carbocycles. The average molecular weight is 630 g/mol. The van der Waals surface area contributed by atoms with Gasteiger partial charge in [0.2, 0.25) is 0 Å². The molecule has 3 atom stereocenters. The van der Waals surface area contributed by atoms with Gasteiger partial charge in [-0.3, -0.25) is 19.4 Å². The number of aromatic nitrogens is 2. The Morgan fingerprint density at radius 2 is 2.12 bits per heavy atom. The molecule has 1 aliphatic rings. The predicted octanol–water partition coefficient (Wildman–Crippen LogP) is 4.71. The fourth-order valence-corrected chi connectivity index (χ4v) is 6.62. The SMILES string of the molecule is C=N/C=N\C(=C/C)NS(=O)(=O)c1cc(Cl)c(N[C@H]2CC[C@H](c3cccc(-n4cccn4)c3)C[C@@H]2N(C)COC=O)cc1F.